The second-order valence-corrected chi connectivity index (χ2v) is 7.98. The van der Waals surface area contributed by atoms with E-state index in [1.54, 1.807) is 6.20 Å². The Morgan fingerprint density at radius 1 is 0.697 bits per heavy atom. The molecular formula is C26H26N6O. The van der Waals surface area contributed by atoms with Crippen molar-refractivity contribution < 1.29 is 4.79 Å². The van der Waals surface area contributed by atoms with Crippen LogP contribution in [0.15, 0.2) is 66.9 Å². The fourth-order valence-corrected chi connectivity index (χ4v) is 3.30. The zero-order valence-electron chi connectivity index (χ0n) is 19.1. The van der Waals surface area contributed by atoms with Crippen LogP contribution in [0.5, 0.6) is 0 Å². The highest BCUT2D eigenvalue weighted by atomic mass is 16.1. The van der Waals surface area contributed by atoms with Crippen LogP contribution >= 0.6 is 0 Å². The third-order valence-electron chi connectivity index (χ3n) is 5.19. The number of carbonyl (C=O) groups excluding carboxylic acids is 1. The summed E-state index contributed by atoms with van der Waals surface area (Å²) in [7, 11) is 0. The van der Waals surface area contributed by atoms with Crippen molar-refractivity contribution >= 4 is 34.7 Å². The first-order chi connectivity index (χ1) is 15.9. The maximum Gasteiger partial charge on any atom is 0.255 e. The van der Waals surface area contributed by atoms with Gasteiger partial charge in [0, 0.05) is 29.2 Å². The van der Waals surface area contributed by atoms with Crippen LogP contribution in [0.3, 0.4) is 0 Å². The molecule has 0 bridgehead atoms. The quantitative estimate of drug-likeness (QED) is 0.350. The molecule has 7 nitrogen and oxygen atoms in total. The van der Waals surface area contributed by atoms with Crippen molar-refractivity contribution in [1.82, 2.24) is 15.0 Å². The summed E-state index contributed by atoms with van der Waals surface area (Å²) in [6.07, 6.45) is 1.76. The zero-order chi connectivity index (χ0) is 23.4. The van der Waals surface area contributed by atoms with Gasteiger partial charge in [0.15, 0.2) is 0 Å². The van der Waals surface area contributed by atoms with E-state index in [0.29, 0.717) is 23.0 Å². The standard InChI is InChI=1S/C26H26N6O/c1-16-11-12-27-23(13-16)32-25-15-24(28-19(4)29-25)30-21-7-9-22(10-8-21)31-26(33)20-6-5-17(2)18(3)14-20/h5-15H,1-4H3,(H,31,33)(H2,27,28,29,30,32). The fourth-order valence-electron chi connectivity index (χ4n) is 3.30. The monoisotopic (exact) mass is 438 g/mol. The third-order valence-corrected chi connectivity index (χ3v) is 5.19. The molecule has 33 heavy (non-hydrogen) atoms. The Hall–Kier alpha value is -4.26. The Morgan fingerprint density at radius 3 is 2.09 bits per heavy atom. The van der Waals surface area contributed by atoms with Gasteiger partial charge in [0.05, 0.1) is 0 Å². The maximum atomic E-state index is 12.5. The van der Waals surface area contributed by atoms with Gasteiger partial charge in [-0.1, -0.05) is 6.07 Å². The highest BCUT2D eigenvalue weighted by Gasteiger charge is 2.08. The van der Waals surface area contributed by atoms with Gasteiger partial charge in [0.2, 0.25) is 0 Å². The smallest absolute Gasteiger partial charge is 0.255 e. The van der Waals surface area contributed by atoms with Crippen LogP contribution in [-0.2, 0) is 0 Å². The van der Waals surface area contributed by atoms with Crippen LogP contribution in [0.25, 0.3) is 0 Å². The predicted octanol–water partition coefficient (Wildman–Crippen LogP) is 5.84. The van der Waals surface area contributed by atoms with Crippen LogP contribution in [-0.4, -0.2) is 20.9 Å². The maximum absolute atomic E-state index is 12.5. The van der Waals surface area contributed by atoms with Crippen molar-refractivity contribution in [2.75, 3.05) is 16.0 Å². The molecule has 4 rings (SSSR count). The molecule has 0 radical (unpaired) electrons. The summed E-state index contributed by atoms with van der Waals surface area (Å²) in [5.41, 5.74) is 5.57. The normalized spacial score (nSPS) is 10.5. The van der Waals surface area contributed by atoms with Crippen LogP contribution < -0.4 is 16.0 Å². The summed E-state index contributed by atoms with van der Waals surface area (Å²) < 4.78 is 0. The minimum Gasteiger partial charge on any atom is -0.340 e. The molecule has 0 atom stereocenters. The van der Waals surface area contributed by atoms with Crippen LogP contribution in [0.2, 0.25) is 0 Å². The number of pyridine rings is 1. The molecule has 0 saturated heterocycles. The molecule has 0 aliphatic rings. The molecule has 7 heteroatoms. The second kappa shape index (κ2) is 9.48. The predicted molar refractivity (Wildman–Crippen MR) is 133 cm³/mol. The minimum atomic E-state index is -0.134. The van der Waals surface area contributed by atoms with Gasteiger partial charge in [-0.15, -0.1) is 0 Å². The Labute approximate surface area is 193 Å². The molecule has 3 N–H and O–H groups in total. The molecule has 0 unspecified atom stereocenters. The van der Waals surface area contributed by atoms with E-state index in [0.717, 1.165) is 33.9 Å². The topological polar surface area (TPSA) is 91.8 Å². The van der Waals surface area contributed by atoms with Crippen molar-refractivity contribution in [3.63, 3.8) is 0 Å². The largest absolute Gasteiger partial charge is 0.340 e. The van der Waals surface area contributed by atoms with E-state index in [1.807, 2.05) is 88.4 Å². The van der Waals surface area contributed by atoms with Crippen LogP contribution in [0.4, 0.5) is 28.8 Å². The molecular weight excluding hydrogens is 412 g/mol. The van der Waals surface area contributed by atoms with E-state index in [-0.39, 0.29) is 5.91 Å². The minimum absolute atomic E-state index is 0.134. The van der Waals surface area contributed by atoms with Gasteiger partial charge in [0.1, 0.15) is 23.3 Å². The average Bonchev–Trinajstić information content (AvgIpc) is 2.76. The summed E-state index contributed by atoms with van der Waals surface area (Å²) in [5, 5.41) is 9.44. The van der Waals surface area contributed by atoms with Crippen molar-refractivity contribution in [1.29, 1.82) is 0 Å². The van der Waals surface area contributed by atoms with Gasteiger partial charge in [-0.3, -0.25) is 4.79 Å². The SMILES string of the molecule is Cc1ccnc(Nc2cc(Nc3ccc(NC(=O)c4ccc(C)c(C)c4)cc3)nc(C)n2)c1. The van der Waals surface area contributed by atoms with Gasteiger partial charge in [-0.05, 0) is 92.9 Å². The van der Waals surface area contributed by atoms with Crippen molar-refractivity contribution in [3.05, 3.63) is 94.9 Å². The summed E-state index contributed by atoms with van der Waals surface area (Å²) in [6.45, 7) is 7.88. The van der Waals surface area contributed by atoms with Gasteiger partial charge < -0.3 is 16.0 Å². The molecule has 2 aromatic heterocycles. The number of rotatable bonds is 6. The van der Waals surface area contributed by atoms with Crippen LogP contribution in [0.1, 0.15) is 32.9 Å². The lowest BCUT2D eigenvalue weighted by molar-refractivity contribution is 0.102. The number of hydrogen-bond acceptors (Lipinski definition) is 6. The first-order valence-electron chi connectivity index (χ1n) is 10.7. The number of nitrogens with one attached hydrogen (secondary N) is 3. The van der Waals surface area contributed by atoms with E-state index in [9.17, 15) is 4.79 Å². The third kappa shape index (κ3) is 5.71. The molecule has 2 heterocycles. The van der Waals surface area contributed by atoms with E-state index >= 15 is 0 Å². The van der Waals surface area contributed by atoms with E-state index in [2.05, 4.69) is 30.9 Å². The number of benzene rings is 2. The molecule has 0 aliphatic heterocycles. The molecule has 0 saturated carbocycles. The molecule has 4 aromatic rings. The lowest BCUT2D eigenvalue weighted by Gasteiger charge is -2.11. The molecule has 166 valence electrons. The van der Waals surface area contributed by atoms with E-state index in [4.69, 9.17) is 0 Å². The number of amides is 1. The summed E-state index contributed by atoms with van der Waals surface area (Å²) >= 11 is 0. The highest BCUT2D eigenvalue weighted by molar-refractivity contribution is 6.04. The first kappa shape index (κ1) is 22.0. The molecule has 0 fully saturated rings. The highest BCUT2D eigenvalue weighted by Crippen LogP contribution is 2.22. The summed E-state index contributed by atoms with van der Waals surface area (Å²) in [4.78, 5) is 25.8. The lowest BCUT2D eigenvalue weighted by Crippen LogP contribution is -2.12. The number of nitrogens with zero attached hydrogens (tertiary/aromatic N) is 3. The molecule has 2 aromatic carbocycles. The average molecular weight is 439 g/mol. The van der Waals surface area contributed by atoms with Crippen molar-refractivity contribution in [2.45, 2.75) is 27.7 Å². The number of anilines is 5. The summed E-state index contributed by atoms with van der Waals surface area (Å²) in [6, 6.07) is 18.9. The van der Waals surface area contributed by atoms with Gasteiger partial charge in [-0.25, -0.2) is 15.0 Å². The Balaban J connectivity index is 1.43. The zero-order valence-corrected chi connectivity index (χ0v) is 19.1. The van der Waals surface area contributed by atoms with Gasteiger partial charge >= 0.3 is 0 Å². The first-order valence-corrected chi connectivity index (χ1v) is 10.7. The molecule has 0 spiro atoms. The van der Waals surface area contributed by atoms with E-state index in [1.165, 1.54) is 0 Å². The number of aromatic nitrogens is 3. The van der Waals surface area contributed by atoms with Crippen molar-refractivity contribution in [2.24, 2.45) is 0 Å². The Kier molecular flexibility index (Phi) is 6.31. The number of aryl methyl sites for hydroxylation is 4. The van der Waals surface area contributed by atoms with E-state index < -0.39 is 0 Å². The molecule has 1 amide bonds. The number of hydrogen-bond donors (Lipinski definition) is 3. The Morgan fingerprint density at radius 2 is 1.39 bits per heavy atom. The molecule has 0 aliphatic carbocycles. The Bertz CT molecular complexity index is 1300. The lowest BCUT2D eigenvalue weighted by atomic mass is 10.1. The van der Waals surface area contributed by atoms with Crippen LogP contribution in [0, 0.1) is 27.7 Å². The van der Waals surface area contributed by atoms with Crippen molar-refractivity contribution in [3.8, 4) is 0 Å². The summed E-state index contributed by atoms with van der Waals surface area (Å²) in [5.74, 6) is 2.53. The second-order valence-electron chi connectivity index (χ2n) is 7.98. The fraction of sp³-hybridized carbons (Fsp3) is 0.154. The van der Waals surface area contributed by atoms with Gasteiger partial charge in [-0.2, -0.15) is 0 Å². The number of carbonyl (C=O) groups is 1. The van der Waals surface area contributed by atoms with Gasteiger partial charge in [0.25, 0.3) is 5.91 Å².